The van der Waals surface area contributed by atoms with E-state index in [-0.39, 0.29) is 167 Å². The van der Waals surface area contributed by atoms with E-state index >= 15 is 0 Å². The molecule has 0 bridgehead atoms. The summed E-state index contributed by atoms with van der Waals surface area (Å²) < 4.78 is 110. The molecule has 3 N–H and O–H groups in total. The Morgan fingerprint density at radius 3 is 0.391 bits per heavy atom. The molecule has 0 heterocycles. The van der Waals surface area contributed by atoms with Crippen LogP contribution in [0.5, 0.6) is 46.0 Å². The number of methoxy groups -OCH3 is 5. The number of rotatable bonds is 53. The number of benzene rings is 4. The Hall–Kier alpha value is -0.542. The fourth-order valence-electron chi connectivity index (χ4n) is 6.00. The molecule has 0 saturated heterocycles. The molecule has 4 aromatic carbocycles. The third kappa shape index (κ3) is 69.4. The molecule has 24 nitrogen and oxygen atoms in total. The number of aliphatic hydroxyl groups excluding tert-OH is 3. The summed E-state index contributed by atoms with van der Waals surface area (Å²) in [6, 6.07) is 29.6. The number of hydrogen-bond acceptors (Lipinski definition) is 24. The largest absolute Gasteiger partial charge is 0.491 e. The Balaban J connectivity index is -0.000000204. The SMILES string of the molecule is COCCOCCOc1ccc(OCCOCCO)cc1.COCCOCCOc1ccc(OCCOCCO)cc1.COCCOCCOc1ccc(OCCOCCO)cc1.COCCOCCOc1ccc(OCCOCCOC)cc1.[W].[W].[W].[W].[W].[W].[W]. The molecule has 0 aliphatic heterocycles. The fourth-order valence-corrected chi connectivity index (χ4v) is 6.00. The summed E-state index contributed by atoms with van der Waals surface area (Å²) in [5.41, 5.74) is 0. The van der Waals surface area contributed by atoms with Crippen LogP contribution in [0.25, 0.3) is 0 Å². The van der Waals surface area contributed by atoms with Crippen molar-refractivity contribution < 1.29 is 262 Å². The first-order valence-corrected chi connectivity index (χ1v) is 28.3. The van der Waals surface area contributed by atoms with Gasteiger partial charge in [0.15, 0.2) is 0 Å². The zero-order valence-corrected chi connectivity index (χ0v) is 74.2. The van der Waals surface area contributed by atoms with Gasteiger partial charge in [0.2, 0.25) is 0 Å². The zero-order chi connectivity index (χ0) is 61.4. The Morgan fingerprint density at radius 1 is 0.174 bits per heavy atom. The molecule has 31 heteroatoms. The summed E-state index contributed by atoms with van der Waals surface area (Å²) in [5.74, 6) is 6.17. The maximum absolute atomic E-state index is 8.55. The van der Waals surface area contributed by atoms with Crippen LogP contribution in [0.1, 0.15) is 0 Å². The number of aliphatic hydroxyl groups is 3. The van der Waals surface area contributed by atoms with Gasteiger partial charge in [-0.1, -0.05) is 0 Å². The third-order valence-corrected chi connectivity index (χ3v) is 10.1. The molecule has 0 fully saturated rings. The molecule has 4 rings (SSSR count). The van der Waals surface area contributed by atoms with Crippen LogP contribution in [0.2, 0.25) is 0 Å². The molecule has 0 amide bonds. The normalized spacial score (nSPS) is 9.78. The van der Waals surface area contributed by atoms with Crippen molar-refractivity contribution in [1.82, 2.24) is 0 Å². The van der Waals surface area contributed by atoms with Gasteiger partial charge in [-0.05, 0) is 97.1 Å². The van der Waals surface area contributed by atoms with E-state index in [1.807, 2.05) is 97.1 Å². The summed E-state index contributed by atoms with van der Waals surface area (Å²) in [4.78, 5) is 0. The Bertz CT molecular complexity index is 1770. The van der Waals surface area contributed by atoms with E-state index in [0.717, 1.165) is 46.0 Å². The van der Waals surface area contributed by atoms with Crippen molar-refractivity contribution in [3.63, 3.8) is 0 Å². The minimum atomic E-state index is 0. The number of hydrogen-bond donors (Lipinski definition) is 3. The first-order valence-electron chi connectivity index (χ1n) is 28.3. The predicted molar refractivity (Wildman–Crippen MR) is 317 cm³/mol. The van der Waals surface area contributed by atoms with Crippen molar-refractivity contribution in [3.8, 4) is 46.0 Å². The van der Waals surface area contributed by atoms with Crippen LogP contribution in [0, 0.1) is 0 Å². The second kappa shape index (κ2) is 84.7. The van der Waals surface area contributed by atoms with E-state index in [9.17, 15) is 0 Å². The maximum Gasteiger partial charge on any atom is 0.119 e. The second-order valence-corrected chi connectivity index (χ2v) is 16.7. The summed E-state index contributed by atoms with van der Waals surface area (Å²) in [6.45, 7) is 14.9. The molecule has 0 saturated carbocycles. The topological polar surface area (TPSA) is 255 Å². The van der Waals surface area contributed by atoms with Crippen LogP contribution in [-0.4, -0.2) is 262 Å². The molecule has 0 atom stereocenters. The van der Waals surface area contributed by atoms with E-state index in [2.05, 4.69) is 0 Å². The predicted octanol–water partition coefficient (Wildman–Crippen LogP) is 5.10. The second-order valence-electron chi connectivity index (χ2n) is 16.7. The van der Waals surface area contributed by atoms with Gasteiger partial charge < -0.3 is 115 Å². The van der Waals surface area contributed by atoms with Gasteiger partial charge in [0.1, 0.15) is 98.9 Å². The van der Waals surface area contributed by atoms with Crippen LogP contribution in [0.3, 0.4) is 0 Å². The van der Waals surface area contributed by atoms with Gasteiger partial charge in [-0.2, -0.15) is 0 Å². The van der Waals surface area contributed by atoms with Crippen LogP contribution < -0.4 is 37.9 Å². The molecule has 0 aliphatic carbocycles. The summed E-state index contributed by atoms with van der Waals surface area (Å²) in [6.07, 6.45) is 0. The van der Waals surface area contributed by atoms with Crippen molar-refractivity contribution in [1.29, 1.82) is 0 Å². The quantitative estimate of drug-likeness (QED) is 0.0486. The minimum absolute atomic E-state index is 0. The summed E-state index contributed by atoms with van der Waals surface area (Å²) >= 11 is 0. The molecule has 0 aromatic heterocycles. The van der Waals surface area contributed by atoms with E-state index in [1.54, 1.807) is 35.5 Å². The average Bonchev–Trinajstić information content (AvgIpc) is 3.68. The first-order chi connectivity index (χ1) is 42.0. The van der Waals surface area contributed by atoms with Gasteiger partial charge in [-0.15, -0.1) is 0 Å². The van der Waals surface area contributed by atoms with Crippen molar-refractivity contribution in [2.24, 2.45) is 0 Å². The van der Waals surface area contributed by atoms with Crippen molar-refractivity contribution in [2.45, 2.75) is 0 Å². The third-order valence-electron chi connectivity index (χ3n) is 10.1. The van der Waals surface area contributed by atoms with Crippen LogP contribution in [0.4, 0.5) is 0 Å². The number of ether oxygens (including phenoxy) is 21. The molecular weight excluding hydrogens is 2400 g/mol. The molecule has 0 spiro atoms. The van der Waals surface area contributed by atoms with Gasteiger partial charge in [0, 0.05) is 183 Å². The minimum Gasteiger partial charge on any atom is -0.491 e. The van der Waals surface area contributed by atoms with Gasteiger partial charge in [-0.25, -0.2) is 0 Å². The van der Waals surface area contributed by atoms with Crippen molar-refractivity contribution in [2.75, 3.05) is 247 Å². The Kier molecular flexibility index (Phi) is 96.6. The van der Waals surface area contributed by atoms with Gasteiger partial charge in [-0.3, -0.25) is 0 Å². The standard InChI is InChI=1S/C16H26O6.3C15H24O6.7W/c1-17-7-9-19-11-13-21-15-3-5-16(6-4-15)22-14-12-20-10-8-18-2;3*1-17-8-9-19-11-13-21-15-4-2-14(3-5-15)20-12-10-18-7-6-16;;;;;;;/h3-6H,7-14H2,1-2H3;3*2-5,16H,6-13H2,1H3;;;;;;;. The van der Waals surface area contributed by atoms with Crippen molar-refractivity contribution >= 4 is 0 Å². The van der Waals surface area contributed by atoms with E-state index in [0.29, 0.717) is 192 Å². The molecule has 0 aliphatic rings. The molecule has 4 aromatic rings. The summed E-state index contributed by atoms with van der Waals surface area (Å²) in [5, 5.41) is 25.6. The van der Waals surface area contributed by atoms with Gasteiger partial charge in [0.05, 0.1) is 159 Å². The smallest absolute Gasteiger partial charge is 0.119 e. The van der Waals surface area contributed by atoms with Crippen LogP contribution in [-0.2, 0) is 209 Å². The Morgan fingerprint density at radius 2 is 0.283 bits per heavy atom. The monoisotopic (exact) mass is 2500 g/mol. The summed E-state index contributed by atoms with van der Waals surface area (Å²) in [7, 11) is 8.22. The molecular formula is C61H98O24W7. The average molecular weight is 2500 g/mol. The fraction of sp³-hybridized carbons (Fsp3) is 0.607. The molecule has 0 radical (unpaired) electrons. The van der Waals surface area contributed by atoms with Gasteiger partial charge >= 0.3 is 0 Å². The van der Waals surface area contributed by atoms with E-state index in [4.69, 9.17) is 115 Å². The molecule has 92 heavy (non-hydrogen) atoms. The Labute approximate surface area is 646 Å². The molecule has 528 valence electrons. The van der Waals surface area contributed by atoms with E-state index < -0.39 is 0 Å². The van der Waals surface area contributed by atoms with Crippen LogP contribution >= 0.6 is 0 Å². The van der Waals surface area contributed by atoms with Gasteiger partial charge in [0.25, 0.3) is 0 Å². The zero-order valence-electron chi connectivity index (χ0n) is 53.6. The first kappa shape index (κ1) is 105. The maximum atomic E-state index is 8.55. The van der Waals surface area contributed by atoms with E-state index in [1.165, 1.54) is 0 Å². The van der Waals surface area contributed by atoms with Crippen LogP contribution in [0.15, 0.2) is 97.1 Å². The molecule has 0 unspecified atom stereocenters. The van der Waals surface area contributed by atoms with Crippen molar-refractivity contribution in [3.05, 3.63) is 97.1 Å².